The molecule has 6 aromatic rings. The molecule has 0 bridgehead atoms. The number of carboxylic acid groups (broad SMARTS) is 1. The number of aliphatic carboxylic acids is 1. The van der Waals surface area contributed by atoms with Gasteiger partial charge >= 0.3 is 63.3 Å². The maximum atomic E-state index is 13.9. The Hall–Kier alpha value is -6.83. The van der Waals surface area contributed by atoms with Crippen LogP contribution in [0.4, 0.5) is 15.1 Å². The molecule has 0 aliphatic carbocycles. The van der Waals surface area contributed by atoms with Crippen molar-refractivity contribution in [2.75, 3.05) is 74.5 Å². The number of oxime groups is 1. The number of β-lactam (4-membered cyclic amide) rings is 3. The van der Waals surface area contributed by atoms with Gasteiger partial charge in [0, 0.05) is 71.1 Å². The SMILES string of the molecule is COCSC1=C(C(=O)OC(c2ccccc2)c2ccccc2)N2C(=O)[C@@H](N)[C@H]2SC1.COCSC1=C(C(=O)[O-])N2C(=O)[C@@H](NC(=O)/C(=N\O)c3csc(N)n3)[C@H]2SC1.[B]C(=O)Nc1nc(C(=NC)C(=O)N[C@@H]2C(=O)N3C(C(=O)OC(c4ccccc4)c4ccccc4)=C(SCOC)CS[C@H]23)cs1.[K+]. The van der Waals surface area contributed by atoms with E-state index in [4.69, 9.17) is 48.2 Å². The van der Waals surface area contributed by atoms with Crippen LogP contribution in [0.1, 0.15) is 45.8 Å². The number of hydrogen-bond donors (Lipinski definition) is 6. The monoisotopic (exact) mass is 1570 g/mol. The minimum absolute atomic E-state index is 0. The average molecular weight is 1570 g/mol. The first kappa shape index (κ1) is 80.3. The second-order valence-electron chi connectivity index (χ2n) is 21.7. The smallest absolute Gasteiger partial charge is 0.543 e. The van der Waals surface area contributed by atoms with Crippen molar-refractivity contribution < 1.29 is 129 Å². The molecule has 2 aromatic heterocycles. The van der Waals surface area contributed by atoms with Crippen molar-refractivity contribution in [3.05, 3.63) is 198 Å². The third kappa shape index (κ3) is 18.7. The molecule has 4 aromatic carbocycles. The molecule has 3 fully saturated rings. The van der Waals surface area contributed by atoms with E-state index in [1.165, 1.54) is 76.4 Å². The molecule has 0 spiro atoms. The van der Waals surface area contributed by atoms with Gasteiger partial charge in [-0.25, -0.2) is 19.6 Å². The Morgan fingerprint density at radius 2 is 0.981 bits per heavy atom. The molecule has 530 valence electrons. The molecule has 103 heavy (non-hydrogen) atoms. The molecule has 8 heterocycles. The molecule has 6 aliphatic rings. The van der Waals surface area contributed by atoms with E-state index in [-0.39, 0.29) is 119 Å². The van der Waals surface area contributed by atoms with Crippen LogP contribution in [0, 0.1) is 0 Å². The largest absolute Gasteiger partial charge is 1.00 e. The third-order valence-corrected chi connectivity index (χ3v) is 24.4. The number of anilines is 2. The Kier molecular flexibility index (Phi) is 29.6. The van der Waals surface area contributed by atoms with Gasteiger partial charge in [-0.05, 0) is 22.3 Å². The second-order valence-corrected chi connectivity index (χ2v) is 29.9. The van der Waals surface area contributed by atoms with E-state index in [1.54, 1.807) is 31.4 Å². The van der Waals surface area contributed by atoms with E-state index in [0.717, 1.165) is 66.5 Å². The predicted molar refractivity (Wildman–Crippen MR) is 391 cm³/mol. The van der Waals surface area contributed by atoms with Gasteiger partial charge in [-0.2, -0.15) is 0 Å². The third-order valence-electron chi connectivity index (χ3n) is 15.4. The molecule has 12 rings (SSSR count). The van der Waals surface area contributed by atoms with E-state index >= 15 is 0 Å². The number of carbonyl (C=O) groups excluding carboxylic acids is 9. The first-order valence-electron chi connectivity index (χ1n) is 30.3. The average Bonchev–Trinajstić information content (AvgIpc) is 1.01. The number of thioether (sulfide) groups is 6. The zero-order valence-corrected chi connectivity index (χ0v) is 64.9. The topological polar surface area (TPSA) is 391 Å². The van der Waals surface area contributed by atoms with Crippen molar-refractivity contribution >= 4 is 176 Å². The van der Waals surface area contributed by atoms with Gasteiger partial charge < -0.3 is 66.2 Å². The summed E-state index contributed by atoms with van der Waals surface area (Å²) in [5, 5.41) is 33.1. The first-order valence-corrected chi connectivity index (χ1v) is 38.2. The Bertz CT molecular complexity index is 4220. The Morgan fingerprint density at radius 1 is 0.602 bits per heavy atom. The van der Waals surface area contributed by atoms with Gasteiger partial charge in [0.2, 0.25) is 13.8 Å². The summed E-state index contributed by atoms with van der Waals surface area (Å²) in [6.07, 6.45) is -1.29. The molecule has 6 aliphatic heterocycles. The maximum Gasteiger partial charge on any atom is 1.00 e. The molecule has 2 radical (unpaired) electrons. The van der Waals surface area contributed by atoms with Gasteiger partial charge in [-0.3, -0.25) is 48.5 Å². The van der Waals surface area contributed by atoms with E-state index in [0.29, 0.717) is 33.0 Å². The summed E-state index contributed by atoms with van der Waals surface area (Å²) in [6.45, 7) is 0. The number of nitrogens with zero attached hydrogens (tertiary/aromatic N) is 7. The fraction of sp³-hybridized carbons (Fsp3) is 0.277. The van der Waals surface area contributed by atoms with Crippen molar-refractivity contribution in [2.24, 2.45) is 15.9 Å². The van der Waals surface area contributed by atoms with Crippen molar-refractivity contribution in [2.45, 2.75) is 46.5 Å². The van der Waals surface area contributed by atoms with Gasteiger partial charge in [-0.1, -0.05) is 162 Å². The number of ether oxygens (including phenoxy) is 5. The van der Waals surface area contributed by atoms with E-state index < -0.39 is 94.1 Å². The summed E-state index contributed by atoms with van der Waals surface area (Å²) in [5.74, 6) is -4.02. The summed E-state index contributed by atoms with van der Waals surface area (Å²) < 4.78 is 27.5. The number of benzene rings is 4. The van der Waals surface area contributed by atoms with Gasteiger partial charge in [0.05, 0.1) is 29.5 Å². The maximum absolute atomic E-state index is 13.9. The zero-order chi connectivity index (χ0) is 72.7. The van der Waals surface area contributed by atoms with Crippen LogP contribution in [0.25, 0.3) is 0 Å². The number of nitrogen functional groups attached to an aromatic ring is 1. The van der Waals surface area contributed by atoms with Gasteiger partial charge in [0.1, 0.15) is 62.7 Å². The number of carboxylic acids is 1. The number of nitrogens with one attached hydrogen (secondary N) is 3. The number of rotatable bonds is 25. The van der Waals surface area contributed by atoms with Crippen LogP contribution >= 0.6 is 93.2 Å². The molecule has 0 unspecified atom stereocenters. The van der Waals surface area contributed by atoms with Crippen molar-refractivity contribution in [1.29, 1.82) is 0 Å². The summed E-state index contributed by atoms with van der Waals surface area (Å²) in [6, 6.07) is 35.4. The minimum atomic E-state index is -1.47. The Morgan fingerprint density at radius 3 is 1.36 bits per heavy atom. The molecule has 28 nitrogen and oxygen atoms in total. The predicted octanol–water partition coefficient (Wildman–Crippen LogP) is 2.26. The van der Waals surface area contributed by atoms with Crippen LogP contribution in [0.2, 0.25) is 0 Å². The minimum Gasteiger partial charge on any atom is -0.543 e. The number of thiazole rings is 2. The van der Waals surface area contributed by atoms with Crippen molar-refractivity contribution in [1.82, 2.24) is 35.3 Å². The molecule has 8 N–H and O–H groups in total. The summed E-state index contributed by atoms with van der Waals surface area (Å²) in [4.78, 5) is 132. The fourth-order valence-electron chi connectivity index (χ4n) is 10.8. The number of aliphatic imine (C=N–C) groups is 1. The van der Waals surface area contributed by atoms with Gasteiger partial charge in [0.15, 0.2) is 34.0 Å². The van der Waals surface area contributed by atoms with Crippen LogP contribution in [0.3, 0.4) is 0 Å². The summed E-state index contributed by atoms with van der Waals surface area (Å²) >= 11 is 10.3. The normalized spacial score (nSPS) is 19.7. The quantitative estimate of drug-likeness (QED) is 0.00910. The van der Waals surface area contributed by atoms with Crippen molar-refractivity contribution in [3.63, 3.8) is 0 Å². The molecule has 38 heteroatoms. The standard InChI is InChI=1S/C29H26BN5O6S3.C22H22N2O4S2.C14H15N5O6S3.K/c1-31-20(18-13-43-29(32-18)34-28(30)39)24(36)33-21-25(37)35-22(19(44-15-40-2)14-42-26(21)35)27(38)41-23(16-9-5-3-6-10-16)17-11-7-4-8-12-17;1-27-13-30-16-12-29-21-17(23)20(25)24(21)18(16)22(26)28-19(14-8-4-2-5-9-14)15-10-6-3-7-11-15;1-25-4-28-6-3-26-12-8(11(21)19(12)9(6)13(22)23)17-10(20)7(18-24)5-2-27-14(15)16-5;/h3-13,21,23,26H,14-15H2,1-2H3,(H,33,36)(H,32,34,39);2-11,17,19,21H,12-13,23H2,1H3;2,8,12,24H,3-4H2,1H3,(H2,15,16)(H,17,20)(H,22,23);/q;;;+1/p-1/b;;18-7-;/t21-,26-;17-,21-;8-,12-;/m111./s1. The van der Waals surface area contributed by atoms with E-state index in [2.05, 4.69) is 36.1 Å². The van der Waals surface area contributed by atoms with Crippen LogP contribution in [-0.2, 0) is 62.0 Å². The molecule has 3 saturated heterocycles. The number of amides is 6. The Labute approximate surface area is 667 Å². The summed E-state index contributed by atoms with van der Waals surface area (Å²) in [5.41, 5.74) is 14.8. The van der Waals surface area contributed by atoms with Gasteiger partial charge in [-0.15, -0.1) is 58.0 Å². The van der Waals surface area contributed by atoms with E-state index in [9.17, 15) is 48.3 Å². The molecular formula is C65H62BKN12O16S8. The molecule has 0 saturated carbocycles. The van der Waals surface area contributed by atoms with E-state index in [1.807, 2.05) is 121 Å². The number of esters is 2. The number of nitrogens with two attached hydrogens (primary N) is 2. The number of hydrogen-bond acceptors (Lipinski definition) is 30. The second kappa shape index (κ2) is 37.9. The molecular weight excluding hydrogens is 1510 g/mol. The van der Waals surface area contributed by atoms with Crippen LogP contribution < -0.4 is 83.9 Å². The molecule has 6 atom stereocenters. The number of methoxy groups -OCH3 is 3. The van der Waals surface area contributed by atoms with Gasteiger partial charge in [0.25, 0.3) is 23.6 Å². The summed E-state index contributed by atoms with van der Waals surface area (Å²) in [7, 11) is 11.2. The van der Waals surface area contributed by atoms with Crippen LogP contribution in [0.15, 0.2) is 174 Å². The number of carbonyl (C=O) groups is 9. The zero-order valence-electron chi connectivity index (χ0n) is 55.3. The number of aromatic nitrogens is 2. The fourth-order valence-corrected chi connectivity index (χ4v) is 18.9. The Balaban J connectivity index is 0.000000185. The molecule has 6 amide bonds. The van der Waals surface area contributed by atoms with Crippen LogP contribution in [-0.4, -0.2) is 200 Å². The first-order chi connectivity index (χ1) is 49.3. The number of fused-ring (bicyclic) bond motifs is 3. The van der Waals surface area contributed by atoms with Crippen LogP contribution in [0.5, 0.6) is 0 Å². The van der Waals surface area contributed by atoms with Crippen molar-refractivity contribution in [3.8, 4) is 0 Å².